The average molecular weight is 217 g/mol. The van der Waals surface area contributed by atoms with E-state index >= 15 is 0 Å². The topological polar surface area (TPSA) is 133 Å². The fourth-order valence-corrected chi connectivity index (χ4v) is 0.792. The molecule has 15 heavy (non-hydrogen) atoms. The van der Waals surface area contributed by atoms with E-state index in [4.69, 9.17) is 11.5 Å². The van der Waals surface area contributed by atoms with Crippen LogP contribution < -0.4 is 11.5 Å². The minimum absolute atomic E-state index is 0.573. The lowest BCUT2D eigenvalue weighted by Gasteiger charge is -2.17. The fourth-order valence-electron chi connectivity index (χ4n) is 0.792. The van der Waals surface area contributed by atoms with Gasteiger partial charge in [0, 0.05) is 0 Å². The molecule has 0 aromatic rings. The molecule has 0 bridgehead atoms. The number of nitrogens with zero attached hydrogens (tertiary/aromatic N) is 1. The first-order valence-electron chi connectivity index (χ1n) is 3.82. The molecule has 0 rings (SSSR count). The van der Waals surface area contributed by atoms with Gasteiger partial charge in [0.25, 0.3) is 0 Å². The van der Waals surface area contributed by atoms with Crippen LogP contribution in [0.5, 0.6) is 0 Å². The van der Waals surface area contributed by atoms with E-state index in [0.717, 1.165) is 7.11 Å². The quantitative estimate of drug-likeness (QED) is 0.381. The van der Waals surface area contributed by atoms with Crippen molar-refractivity contribution in [3.8, 4) is 0 Å². The Balaban J connectivity index is 4.61. The van der Waals surface area contributed by atoms with Gasteiger partial charge in [-0.3, -0.25) is 14.4 Å². The highest BCUT2D eigenvalue weighted by Gasteiger charge is 2.24. The summed E-state index contributed by atoms with van der Waals surface area (Å²) in [6.07, 6.45) is 0. The molecule has 0 heterocycles. The van der Waals surface area contributed by atoms with Crippen LogP contribution >= 0.6 is 0 Å². The Morgan fingerprint density at radius 3 is 1.73 bits per heavy atom. The number of esters is 1. The number of hydrogen-bond acceptors (Lipinski definition) is 5. The van der Waals surface area contributed by atoms with Crippen LogP contribution in [0.3, 0.4) is 0 Å². The predicted molar refractivity (Wildman–Crippen MR) is 47.0 cm³/mol. The second kappa shape index (κ2) is 5.58. The van der Waals surface area contributed by atoms with E-state index in [2.05, 4.69) is 4.74 Å². The normalized spacial score (nSPS) is 9.13. The van der Waals surface area contributed by atoms with Crippen LogP contribution in [-0.2, 0) is 23.9 Å². The van der Waals surface area contributed by atoms with Crippen LogP contribution in [0.1, 0.15) is 0 Å². The smallest absolute Gasteiger partial charge is 0.396 e. The van der Waals surface area contributed by atoms with Gasteiger partial charge in [-0.1, -0.05) is 0 Å². The second-order valence-electron chi connectivity index (χ2n) is 2.59. The van der Waals surface area contributed by atoms with Gasteiger partial charge < -0.3 is 21.1 Å². The number of rotatable bonds is 4. The molecule has 8 nitrogen and oxygen atoms in total. The molecule has 0 aromatic carbocycles. The van der Waals surface area contributed by atoms with Gasteiger partial charge in [0.15, 0.2) is 0 Å². The van der Waals surface area contributed by atoms with Crippen molar-refractivity contribution in [1.29, 1.82) is 0 Å². The molecule has 8 heteroatoms. The zero-order valence-corrected chi connectivity index (χ0v) is 8.06. The number of amides is 3. The molecular formula is C7H11N3O5. The van der Waals surface area contributed by atoms with Crippen LogP contribution in [0, 0.1) is 0 Å². The van der Waals surface area contributed by atoms with Crippen molar-refractivity contribution in [1.82, 2.24) is 4.90 Å². The third-order valence-electron chi connectivity index (χ3n) is 1.34. The van der Waals surface area contributed by atoms with Crippen molar-refractivity contribution in [2.75, 3.05) is 20.2 Å². The number of carbonyl (C=O) groups excluding carboxylic acids is 4. The molecule has 0 saturated carbocycles. The average Bonchev–Trinajstić information content (AvgIpc) is 2.13. The monoisotopic (exact) mass is 217 g/mol. The van der Waals surface area contributed by atoms with Crippen molar-refractivity contribution in [3.05, 3.63) is 0 Å². The summed E-state index contributed by atoms with van der Waals surface area (Å²) < 4.78 is 4.12. The van der Waals surface area contributed by atoms with Crippen molar-refractivity contribution in [3.63, 3.8) is 0 Å². The Morgan fingerprint density at radius 1 is 1.07 bits per heavy atom. The zero-order valence-electron chi connectivity index (χ0n) is 8.06. The first-order chi connectivity index (χ1) is 6.88. The zero-order chi connectivity index (χ0) is 12.0. The second-order valence-corrected chi connectivity index (χ2v) is 2.59. The maximum Gasteiger partial charge on any atom is 0.396 e. The van der Waals surface area contributed by atoms with Gasteiger partial charge >= 0.3 is 11.9 Å². The lowest BCUT2D eigenvalue weighted by atomic mass is 10.4. The van der Waals surface area contributed by atoms with Crippen LogP contribution in [0.25, 0.3) is 0 Å². The lowest BCUT2D eigenvalue weighted by molar-refractivity contribution is -0.159. The summed E-state index contributed by atoms with van der Waals surface area (Å²) in [5.74, 6) is -4.07. The summed E-state index contributed by atoms with van der Waals surface area (Å²) in [5.41, 5.74) is 9.62. The molecule has 0 aliphatic rings. The predicted octanol–water partition coefficient (Wildman–Crippen LogP) is -3.04. The van der Waals surface area contributed by atoms with Crippen LogP contribution in [0.4, 0.5) is 0 Å². The van der Waals surface area contributed by atoms with E-state index in [1.807, 2.05) is 0 Å². The van der Waals surface area contributed by atoms with Gasteiger partial charge in [-0.2, -0.15) is 0 Å². The molecule has 0 atom stereocenters. The number of methoxy groups -OCH3 is 1. The summed E-state index contributed by atoms with van der Waals surface area (Å²) >= 11 is 0. The van der Waals surface area contributed by atoms with Crippen molar-refractivity contribution < 1.29 is 23.9 Å². The van der Waals surface area contributed by atoms with E-state index in [1.165, 1.54) is 0 Å². The summed E-state index contributed by atoms with van der Waals surface area (Å²) in [6.45, 7) is -1.15. The number of nitrogens with two attached hydrogens (primary N) is 2. The number of carbonyl (C=O) groups is 4. The minimum Gasteiger partial charge on any atom is -0.462 e. The van der Waals surface area contributed by atoms with E-state index in [0.29, 0.717) is 4.90 Å². The van der Waals surface area contributed by atoms with Gasteiger partial charge in [-0.15, -0.1) is 0 Å². The van der Waals surface area contributed by atoms with Gasteiger partial charge in [-0.25, -0.2) is 4.79 Å². The van der Waals surface area contributed by atoms with E-state index in [-0.39, 0.29) is 0 Å². The van der Waals surface area contributed by atoms with E-state index in [9.17, 15) is 19.2 Å². The Labute approximate surface area is 85.1 Å². The Kier molecular flexibility index (Phi) is 4.79. The standard InChI is InChI=1S/C7H11N3O5/c1-15-7(14)6(13)10(2-4(8)11)3-5(9)12/h2-3H2,1H3,(H2,8,11)(H2,9,12). The fraction of sp³-hybridized carbons (Fsp3) is 0.429. The summed E-state index contributed by atoms with van der Waals surface area (Å²) in [5, 5.41) is 0. The van der Waals surface area contributed by atoms with Crippen LogP contribution in [0.2, 0.25) is 0 Å². The summed E-state index contributed by atoms with van der Waals surface area (Å²) in [4.78, 5) is 43.6. The Hall–Kier alpha value is -2.12. The van der Waals surface area contributed by atoms with Crippen molar-refractivity contribution >= 4 is 23.7 Å². The first kappa shape index (κ1) is 12.9. The Bertz CT molecular complexity index is 285. The van der Waals surface area contributed by atoms with Gasteiger partial charge in [0.1, 0.15) is 13.1 Å². The number of ether oxygens (including phenoxy) is 1. The van der Waals surface area contributed by atoms with Gasteiger partial charge in [0.2, 0.25) is 11.8 Å². The summed E-state index contributed by atoms with van der Waals surface area (Å²) in [6, 6.07) is 0. The van der Waals surface area contributed by atoms with E-state index < -0.39 is 36.8 Å². The molecular weight excluding hydrogens is 206 g/mol. The number of hydrogen-bond donors (Lipinski definition) is 2. The highest BCUT2D eigenvalue weighted by atomic mass is 16.5. The highest BCUT2D eigenvalue weighted by molar-refractivity contribution is 6.32. The third kappa shape index (κ3) is 4.60. The number of primary amides is 2. The highest BCUT2D eigenvalue weighted by Crippen LogP contribution is 1.91. The van der Waals surface area contributed by atoms with E-state index in [1.54, 1.807) is 0 Å². The van der Waals surface area contributed by atoms with Crippen molar-refractivity contribution in [2.45, 2.75) is 0 Å². The largest absolute Gasteiger partial charge is 0.462 e. The summed E-state index contributed by atoms with van der Waals surface area (Å²) in [7, 11) is 0.993. The molecule has 0 unspecified atom stereocenters. The molecule has 0 radical (unpaired) electrons. The maximum atomic E-state index is 11.2. The van der Waals surface area contributed by atoms with Crippen LogP contribution in [-0.4, -0.2) is 48.8 Å². The molecule has 4 N–H and O–H groups in total. The Morgan fingerprint density at radius 2 is 1.47 bits per heavy atom. The first-order valence-corrected chi connectivity index (χ1v) is 3.82. The molecule has 0 aromatic heterocycles. The molecule has 0 saturated heterocycles. The molecule has 0 aliphatic heterocycles. The molecule has 0 spiro atoms. The minimum atomic E-state index is -1.20. The molecule has 3 amide bonds. The van der Waals surface area contributed by atoms with Gasteiger partial charge in [-0.05, 0) is 0 Å². The molecule has 0 aliphatic carbocycles. The molecule has 84 valence electrons. The molecule has 0 fully saturated rings. The third-order valence-corrected chi connectivity index (χ3v) is 1.34. The maximum absolute atomic E-state index is 11.2. The van der Waals surface area contributed by atoms with Crippen LogP contribution in [0.15, 0.2) is 0 Å². The lowest BCUT2D eigenvalue weighted by Crippen LogP contribution is -2.46. The van der Waals surface area contributed by atoms with Gasteiger partial charge in [0.05, 0.1) is 7.11 Å². The van der Waals surface area contributed by atoms with Crippen molar-refractivity contribution in [2.24, 2.45) is 11.5 Å². The SMILES string of the molecule is COC(=O)C(=O)N(CC(N)=O)CC(N)=O.